The lowest BCUT2D eigenvalue weighted by Gasteiger charge is -2.15. The quantitative estimate of drug-likeness (QED) is 0.852. The SMILES string of the molecule is CCNC(C)c1ccc(OCCc2ccnn2C)c(Cl)c1. The number of nitrogens with zero attached hydrogens (tertiary/aromatic N) is 2. The van der Waals surface area contributed by atoms with Crippen molar-refractivity contribution in [3.05, 3.63) is 46.7 Å². The maximum Gasteiger partial charge on any atom is 0.137 e. The lowest BCUT2D eigenvalue weighted by atomic mass is 10.1. The van der Waals surface area contributed by atoms with Crippen molar-refractivity contribution in [1.29, 1.82) is 0 Å². The molecule has 0 spiro atoms. The van der Waals surface area contributed by atoms with E-state index in [1.54, 1.807) is 6.20 Å². The number of ether oxygens (including phenoxy) is 1. The second-order valence-corrected chi connectivity index (χ2v) is 5.42. The van der Waals surface area contributed by atoms with E-state index in [0.29, 0.717) is 11.6 Å². The highest BCUT2D eigenvalue weighted by Crippen LogP contribution is 2.28. The highest BCUT2D eigenvalue weighted by Gasteiger charge is 2.08. The van der Waals surface area contributed by atoms with Gasteiger partial charge < -0.3 is 10.1 Å². The Hall–Kier alpha value is -1.52. The highest BCUT2D eigenvalue weighted by atomic mass is 35.5. The van der Waals surface area contributed by atoms with Crippen LogP contribution < -0.4 is 10.1 Å². The van der Waals surface area contributed by atoms with Crippen LogP contribution in [0.15, 0.2) is 30.5 Å². The van der Waals surface area contributed by atoms with E-state index in [1.807, 2.05) is 29.9 Å². The Bertz CT molecular complexity index is 583. The van der Waals surface area contributed by atoms with Crippen LogP contribution in [0.4, 0.5) is 0 Å². The number of halogens is 1. The molecule has 0 saturated heterocycles. The summed E-state index contributed by atoms with van der Waals surface area (Å²) < 4.78 is 7.62. The van der Waals surface area contributed by atoms with Gasteiger partial charge >= 0.3 is 0 Å². The summed E-state index contributed by atoms with van der Waals surface area (Å²) in [5.74, 6) is 0.728. The fourth-order valence-corrected chi connectivity index (χ4v) is 2.48. The monoisotopic (exact) mass is 307 g/mol. The second-order valence-electron chi connectivity index (χ2n) is 5.01. The summed E-state index contributed by atoms with van der Waals surface area (Å²) in [6.07, 6.45) is 2.60. The normalized spacial score (nSPS) is 12.4. The van der Waals surface area contributed by atoms with Crippen molar-refractivity contribution in [3.8, 4) is 5.75 Å². The maximum atomic E-state index is 6.30. The average Bonchev–Trinajstić information content (AvgIpc) is 2.86. The predicted octanol–water partition coefficient (Wildman–Crippen LogP) is 3.37. The van der Waals surface area contributed by atoms with E-state index in [4.69, 9.17) is 16.3 Å². The highest BCUT2D eigenvalue weighted by molar-refractivity contribution is 6.32. The third-order valence-electron chi connectivity index (χ3n) is 3.50. The van der Waals surface area contributed by atoms with Crippen LogP contribution in [0.1, 0.15) is 31.1 Å². The molecule has 1 N–H and O–H groups in total. The van der Waals surface area contributed by atoms with Gasteiger partial charge in [0, 0.05) is 31.4 Å². The predicted molar refractivity (Wildman–Crippen MR) is 86.0 cm³/mol. The van der Waals surface area contributed by atoms with E-state index in [0.717, 1.165) is 24.4 Å². The lowest BCUT2D eigenvalue weighted by molar-refractivity contribution is 0.318. The average molecular weight is 308 g/mol. The van der Waals surface area contributed by atoms with Gasteiger partial charge in [0.05, 0.1) is 11.6 Å². The minimum atomic E-state index is 0.288. The summed E-state index contributed by atoms with van der Waals surface area (Å²) in [5.41, 5.74) is 2.31. The first-order valence-electron chi connectivity index (χ1n) is 7.24. The smallest absolute Gasteiger partial charge is 0.137 e. The third-order valence-corrected chi connectivity index (χ3v) is 3.80. The molecule has 0 amide bonds. The molecule has 0 radical (unpaired) electrons. The molecule has 0 fully saturated rings. The van der Waals surface area contributed by atoms with Gasteiger partial charge in [-0.1, -0.05) is 24.6 Å². The Labute approximate surface area is 131 Å². The van der Waals surface area contributed by atoms with Gasteiger partial charge in [-0.3, -0.25) is 4.68 Å². The van der Waals surface area contributed by atoms with Crippen LogP contribution >= 0.6 is 11.6 Å². The van der Waals surface area contributed by atoms with Crippen LogP contribution in [0.25, 0.3) is 0 Å². The zero-order valence-corrected chi connectivity index (χ0v) is 13.5. The van der Waals surface area contributed by atoms with Crippen molar-refractivity contribution in [1.82, 2.24) is 15.1 Å². The van der Waals surface area contributed by atoms with Gasteiger partial charge in [0.1, 0.15) is 5.75 Å². The molecule has 1 aromatic heterocycles. The van der Waals surface area contributed by atoms with E-state index in [-0.39, 0.29) is 6.04 Å². The molecule has 0 aliphatic heterocycles. The van der Waals surface area contributed by atoms with E-state index in [2.05, 4.69) is 30.3 Å². The Kier molecular flexibility index (Phi) is 5.65. The molecule has 5 heteroatoms. The Morgan fingerprint density at radius 3 is 2.81 bits per heavy atom. The minimum absolute atomic E-state index is 0.288. The molecule has 1 heterocycles. The van der Waals surface area contributed by atoms with Gasteiger partial charge in [0.2, 0.25) is 0 Å². The van der Waals surface area contributed by atoms with Gasteiger partial charge in [-0.15, -0.1) is 0 Å². The molecule has 1 atom stereocenters. The zero-order chi connectivity index (χ0) is 15.2. The van der Waals surface area contributed by atoms with Gasteiger partial charge in [0.15, 0.2) is 0 Å². The number of hydrogen-bond donors (Lipinski definition) is 1. The Morgan fingerprint density at radius 2 is 2.19 bits per heavy atom. The maximum absolute atomic E-state index is 6.30. The summed E-state index contributed by atoms with van der Waals surface area (Å²) in [4.78, 5) is 0. The van der Waals surface area contributed by atoms with Gasteiger partial charge in [0.25, 0.3) is 0 Å². The fourth-order valence-electron chi connectivity index (χ4n) is 2.24. The van der Waals surface area contributed by atoms with Crippen molar-refractivity contribution < 1.29 is 4.74 Å². The molecular weight excluding hydrogens is 286 g/mol. The van der Waals surface area contributed by atoms with Gasteiger partial charge in [-0.2, -0.15) is 5.10 Å². The van der Waals surface area contributed by atoms with E-state index in [9.17, 15) is 0 Å². The van der Waals surface area contributed by atoms with Crippen LogP contribution in [-0.4, -0.2) is 22.9 Å². The number of hydrogen-bond acceptors (Lipinski definition) is 3. The fraction of sp³-hybridized carbons (Fsp3) is 0.438. The molecule has 1 aromatic carbocycles. The van der Waals surface area contributed by atoms with Crippen LogP contribution in [0.2, 0.25) is 5.02 Å². The van der Waals surface area contributed by atoms with Crippen molar-refractivity contribution in [3.63, 3.8) is 0 Å². The van der Waals surface area contributed by atoms with E-state index < -0.39 is 0 Å². The first-order valence-corrected chi connectivity index (χ1v) is 7.62. The van der Waals surface area contributed by atoms with Crippen LogP contribution in [0.5, 0.6) is 5.75 Å². The number of aromatic nitrogens is 2. The lowest BCUT2D eigenvalue weighted by Crippen LogP contribution is -2.17. The zero-order valence-electron chi connectivity index (χ0n) is 12.8. The summed E-state index contributed by atoms with van der Waals surface area (Å²) in [5, 5.41) is 8.16. The molecule has 2 aromatic rings. The molecule has 21 heavy (non-hydrogen) atoms. The van der Waals surface area contributed by atoms with Crippen molar-refractivity contribution >= 4 is 11.6 Å². The third kappa shape index (κ3) is 4.22. The standard InChI is InChI=1S/C16H22ClN3O/c1-4-18-12(2)13-5-6-16(15(17)11-13)21-10-8-14-7-9-19-20(14)3/h5-7,9,11-12,18H,4,8,10H2,1-3H3. The number of aryl methyl sites for hydroxylation is 1. The number of nitrogens with one attached hydrogen (secondary N) is 1. The van der Waals surface area contributed by atoms with Crippen LogP contribution in [0, 0.1) is 0 Å². The number of benzene rings is 1. The Morgan fingerprint density at radius 1 is 1.38 bits per heavy atom. The molecular formula is C16H22ClN3O. The Balaban J connectivity index is 1.93. The summed E-state index contributed by atoms with van der Waals surface area (Å²) >= 11 is 6.30. The van der Waals surface area contributed by atoms with Crippen molar-refractivity contribution in [2.24, 2.45) is 7.05 Å². The largest absolute Gasteiger partial charge is 0.492 e. The van der Waals surface area contributed by atoms with Crippen LogP contribution in [0.3, 0.4) is 0 Å². The molecule has 0 bridgehead atoms. The molecule has 0 aliphatic rings. The van der Waals surface area contributed by atoms with Gasteiger partial charge in [-0.25, -0.2) is 0 Å². The van der Waals surface area contributed by atoms with E-state index in [1.165, 1.54) is 5.56 Å². The second kappa shape index (κ2) is 7.48. The topological polar surface area (TPSA) is 39.1 Å². The first kappa shape index (κ1) is 15.9. The van der Waals surface area contributed by atoms with Crippen LogP contribution in [-0.2, 0) is 13.5 Å². The first-order chi connectivity index (χ1) is 10.1. The minimum Gasteiger partial charge on any atom is -0.492 e. The molecule has 0 saturated carbocycles. The molecule has 4 nitrogen and oxygen atoms in total. The summed E-state index contributed by atoms with van der Waals surface area (Å²) in [6.45, 7) is 5.73. The molecule has 114 valence electrons. The molecule has 0 aliphatic carbocycles. The molecule has 1 unspecified atom stereocenters. The summed E-state index contributed by atoms with van der Waals surface area (Å²) in [6, 6.07) is 8.24. The summed E-state index contributed by atoms with van der Waals surface area (Å²) in [7, 11) is 1.93. The molecule has 2 rings (SSSR count). The van der Waals surface area contributed by atoms with Gasteiger partial charge in [-0.05, 0) is 37.2 Å². The van der Waals surface area contributed by atoms with Crippen molar-refractivity contribution in [2.75, 3.05) is 13.2 Å². The number of rotatable bonds is 7. The van der Waals surface area contributed by atoms with Crippen molar-refractivity contribution in [2.45, 2.75) is 26.3 Å². The van der Waals surface area contributed by atoms with E-state index >= 15 is 0 Å².